The summed E-state index contributed by atoms with van der Waals surface area (Å²) in [4.78, 5) is 11.8. The minimum absolute atomic E-state index is 0.192. The highest BCUT2D eigenvalue weighted by Gasteiger charge is 2.16. The molecule has 0 spiro atoms. The zero-order valence-corrected chi connectivity index (χ0v) is 13.9. The third-order valence-corrected chi connectivity index (χ3v) is 3.93. The molecule has 3 rings (SSSR count). The van der Waals surface area contributed by atoms with Gasteiger partial charge >= 0.3 is 6.03 Å². The van der Waals surface area contributed by atoms with Crippen molar-refractivity contribution in [2.24, 2.45) is 0 Å². The Kier molecular flexibility index (Phi) is 5.43. The summed E-state index contributed by atoms with van der Waals surface area (Å²) in [6.45, 7) is 2.04. The molecule has 0 bridgehead atoms. The Hall–Kier alpha value is -2.40. The van der Waals surface area contributed by atoms with Gasteiger partial charge in [-0.3, -0.25) is 0 Å². The number of hydrogen-bond donors (Lipinski definition) is 2. The molecule has 126 valence electrons. The molecular formula is C18H19ClN2O3. The van der Waals surface area contributed by atoms with Crippen LogP contribution < -0.4 is 20.1 Å². The second-order valence-electron chi connectivity index (χ2n) is 5.45. The SMILES string of the molecule is O=C(NCCc1cc(Cl)c2c(c1)OCCO2)NCc1ccccc1. The lowest BCUT2D eigenvalue weighted by Gasteiger charge is -2.20. The monoisotopic (exact) mass is 346 g/mol. The topological polar surface area (TPSA) is 59.6 Å². The quantitative estimate of drug-likeness (QED) is 0.874. The minimum Gasteiger partial charge on any atom is -0.486 e. The Morgan fingerprint density at radius 1 is 1.04 bits per heavy atom. The number of urea groups is 1. The van der Waals surface area contributed by atoms with Crippen LogP contribution >= 0.6 is 11.6 Å². The smallest absolute Gasteiger partial charge is 0.315 e. The first-order valence-corrected chi connectivity index (χ1v) is 8.24. The molecule has 2 aromatic carbocycles. The Bertz CT molecular complexity index is 707. The van der Waals surface area contributed by atoms with E-state index in [1.165, 1.54) is 0 Å². The Balaban J connectivity index is 1.46. The fraction of sp³-hybridized carbons (Fsp3) is 0.278. The molecule has 0 fully saturated rings. The first kappa shape index (κ1) is 16.5. The van der Waals surface area contributed by atoms with E-state index in [2.05, 4.69) is 10.6 Å². The van der Waals surface area contributed by atoms with Crippen LogP contribution in [0, 0.1) is 0 Å². The first-order valence-electron chi connectivity index (χ1n) is 7.86. The number of carbonyl (C=O) groups is 1. The molecular weight excluding hydrogens is 328 g/mol. The van der Waals surface area contributed by atoms with Gasteiger partial charge < -0.3 is 20.1 Å². The lowest BCUT2D eigenvalue weighted by Crippen LogP contribution is -2.36. The van der Waals surface area contributed by atoms with Crippen molar-refractivity contribution in [3.8, 4) is 11.5 Å². The van der Waals surface area contributed by atoms with E-state index >= 15 is 0 Å². The third kappa shape index (κ3) is 4.32. The summed E-state index contributed by atoms with van der Waals surface area (Å²) in [5, 5.41) is 6.20. The number of halogens is 1. The predicted molar refractivity (Wildman–Crippen MR) is 92.8 cm³/mol. The normalized spacial score (nSPS) is 12.5. The van der Waals surface area contributed by atoms with E-state index in [1.807, 2.05) is 42.5 Å². The number of rotatable bonds is 5. The Labute approximate surface area is 145 Å². The molecule has 2 aromatic rings. The summed E-state index contributed by atoms with van der Waals surface area (Å²) in [6.07, 6.45) is 0.662. The molecule has 1 heterocycles. The second-order valence-corrected chi connectivity index (χ2v) is 5.85. The van der Waals surface area contributed by atoms with Gasteiger partial charge in [-0.25, -0.2) is 4.79 Å². The van der Waals surface area contributed by atoms with Crippen LogP contribution in [0.3, 0.4) is 0 Å². The van der Waals surface area contributed by atoms with E-state index in [9.17, 15) is 4.79 Å². The molecule has 0 unspecified atom stereocenters. The maximum absolute atomic E-state index is 11.8. The van der Waals surface area contributed by atoms with E-state index in [0.29, 0.717) is 49.2 Å². The molecule has 0 saturated heterocycles. The van der Waals surface area contributed by atoms with Gasteiger partial charge in [0.2, 0.25) is 0 Å². The van der Waals surface area contributed by atoms with Gasteiger partial charge in [0, 0.05) is 13.1 Å². The first-order chi connectivity index (χ1) is 11.7. The van der Waals surface area contributed by atoms with Crippen molar-refractivity contribution in [3.63, 3.8) is 0 Å². The fourth-order valence-electron chi connectivity index (χ4n) is 2.47. The van der Waals surface area contributed by atoms with Crippen LogP contribution in [0.4, 0.5) is 4.79 Å². The molecule has 0 radical (unpaired) electrons. The maximum Gasteiger partial charge on any atom is 0.315 e. The molecule has 0 saturated carbocycles. The lowest BCUT2D eigenvalue weighted by atomic mass is 10.1. The average Bonchev–Trinajstić information content (AvgIpc) is 2.61. The van der Waals surface area contributed by atoms with Crippen LogP contribution in [0.2, 0.25) is 5.02 Å². The van der Waals surface area contributed by atoms with E-state index < -0.39 is 0 Å². The van der Waals surface area contributed by atoms with Gasteiger partial charge in [0.1, 0.15) is 13.2 Å². The number of carbonyl (C=O) groups excluding carboxylic acids is 1. The molecule has 0 atom stereocenters. The summed E-state index contributed by atoms with van der Waals surface area (Å²) in [5.41, 5.74) is 2.05. The van der Waals surface area contributed by atoms with E-state index in [0.717, 1.165) is 11.1 Å². The van der Waals surface area contributed by atoms with Crippen molar-refractivity contribution in [3.05, 3.63) is 58.6 Å². The highest BCUT2D eigenvalue weighted by Crippen LogP contribution is 2.38. The minimum atomic E-state index is -0.192. The van der Waals surface area contributed by atoms with Gasteiger partial charge in [-0.1, -0.05) is 41.9 Å². The molecule has 24 heavy (non-hydrogen) atoms. The summed E-state index contributed by atoms with van der Waals surface area (Å²) in [6, 6.07) is 13.3. The summed E-state index contributed by atoms with van der Waals surface area (Å²) < 4.78 is 11.0. The number of hydrogen-bond acceptors (Lipinski definition) is 3. The molecule has 6 heteroatoms. The Morgan fingerprint density at radius 2 is 1.83 bits per heavy atom. The van der Waals surface area contributed by atoms with Crippen LogP contribution in [0.25, 0.3) is 0 Å². The van der Waals surface area contributed by atoms with Crippen LogP contribution in [-0.4, -0.2) is 25.8 Å². The maximum atomic E-state index is 11.8. The molecule has 2 N–H and O–H groups in total. The third-order valence-electron chi connectivity index (χ3n) is 3.65. The molecule has 5 nitrogen and oxygen atoms in total. The van der Waals surface area contributed by atoms with Crippen molar-refractivity contribution >= 4 is 17.6 Å². The molecule has 0 aliphatic carbocycles. The lowest BCUT2D eigenvalue weighted by molar-refractivity contribution is 0.171. The van der Waals surface area contributed by atoms with Crippen molar-refractivity contribution in [2.45, 2.75) is 13.0 Å². The van der Waals surface area contributed by atoms with Gasteiger partial charge in [0.15, 0.2) is 11.5 Å². The van der Waals surface area contributed by atoms with Gasteiger partial charge in [-0.05, 0) is 29.7 Å². The van der Waals surface area contributed by atoms with Crippen LogP contribution in [0.5, 0.6) is 11.5 Å². The van der Waals surface area contributed by atoms with Gasteiger partial charge in [0.25, 0.3) is 0 Å². The zero-order valence-electron chi connectivity index (χ0n) is 13.2. The largest absolute Gasteiger partial charge is 0.486 e. The summed E-state index contributed by atoms with van der Waals surface area (Å²) in [7, 11) is 0. The number of benzene rings is 2. The van der Waals surface area contributed by atoms with Gasteiger partial charge in [-0.2, -0.15) is 0 Å². The van der Waals surface area contributed by atoms with E-state index in [1.54, 1.807) is 0 Å². The number of nitrogens with one attached hydrogen (secondary N) is 2. The van der Waals surface area contributed by atoms with Crippen molar-refractivity contribution in [2.75, 3.05) is 19.8 Å². The molecule has 0 aromatic heterocycles. The standard InChI is InChI=1S/C18H19ClN2O3/c19-15-10-14(11-16-17(15)24-9-8-23-16)6-7-20-18(22)21-12-13-4-2-1-3-5-13/h1-5,10-11H,6-9,12H2,(H2,20,21,22). The average molecular weight is 347 g/mol. The van der Waals surface area contributed by atoms with Gasteiger partial charge in [-0.15, -0.1) is 0 Å². The Morgan fingerprint density at radius 3 is 2.67 bits per heavy atom. The highest BCUT2D eigenvalue weighted by atomic mass is 35.5. The molecule has 2 amide bonds. The number of ether oxygens (including phenoxy) is 2. The van der Waals surface area contributed by atoms with Crippen LogP contribution in [0.15, 0.2) is 42.5 Å². The van der Waals surface area contributed by atoms with Crippen molar-refractivity contribution in [1.29, 1.82) is 0 Å². The number of fused-ring (bicyclic) bond motifs is 1. The van der Waals surface area contributed by atoms with Crippen LogP contribution in [-0.2, 0) is 13.0 Å². The predicted octanol–water partition coefficient (Wildman–Crippen LogP) is 3.15. The van der Waals surface area contributed by atoms with E-state index in [4.69, 9.17) is 21.1 Å². The zero-order chi connectivity index (χ0) is 16.8. The molecule has 1 aliphatic rings. The highest BCUT2D eigenvalue weighted by molar-refractivity contribution is 6.32. The van der Waals surface area contributed by atoms with Crippen LogP contribution in [0.1, 0.15) is 11.1 Å². The fourth-order valence-corrected chi connectivity index (χ4v) is 2.76. The summed E-state index contributed by atoms with van der Waals surface area (Å²) >= 11 is 6.20. The molecule has 1 aliphatic heterocycles. The second kappa shape index (κ2) is 7.93. The van der Waals surface area contributed by atoms with Crippen molar-refractivity contribution < 1.29 is 14.3 Å². The number of amides is 2. The van der Waals surface area contributed by atoms with E-state index in [-0.39, 0.29) is 6.03 Å². The van der Waals surface area contributed by atoms with Gasteiger partial charge in [0.05, 0.1) is 5.02 Å². The van der Waals surface area contributed by atoms with Crippen molar-refractivity contribution in [1.82, 2.24) is 10.6 Å². The summed E-state index contributed by atoms with van der Waals surface area (Å²) in [5.74, 6) is 1.26.